The first kappa shape index (κ1) is 25.9. The van der Waals surface area contributed by atoms with Gasteiger partial charge < -0.3 is 25.8 Å². The number of benzene rings is 2. The summed E-state index contributed by atoms with van der Waals surface area (Å²) in [5, 5.41) is 42.7. The van der Waals surface area contributed by atoms with Gasteiger partial charge in [-0.15, -0.1) is 0 Å². The first-order chi connectivity index (χ1) is 15.7. The van der Waals surface area contributed by atoms with Crippen LogP contribution in [0.1, 0.15) is 40.0 Å². The maximum atomic E-state index is 12.4. The molecule has 0 aliphatic rings. The number of unbranched alkanes of at least 4 members (excludes halogenated alkanes) is 1. The standard InChI is InChI=1S/C21H26N4O8/c1-33-21(28)18(23-20(27)15-7-11-17(12-8-15)25(31)32)4-2-3-13-22-19(26)14-5-9-16(10-6-14)24(29)30/h5-12,18,24-25,29,31H,2-4,13H2,1H3,(H,22,26)(H,23,27). The summed E-state index contributed by atoms with van der Waals surface area (Å²) in [7, 11) is 1.21. The van der Waals surface area contributed by atoms with Crippen molar-refractivity contribution in [1.82, 2.24) is 10.6 Å². The lowest BCUT2D eigenvalue weighted by Gasteiger charge is -2.17. The van der Waals surface area contributed by atoms with Crippen molar-refractivity contribution in [1.29, 1.82) is 0 Å². The van der Waals surface area contributed by atoms with Gasteiger partial charge in [0.1, 0.15) is 6.04 Å². The Morgan fingerprint density at radius 2 is 1.36 bits per heavy atom. The minimum absolute atomic E-state index is 0.0379. The number of esters is 1. The predicted molar refractivity (Wildman–Crippen MR) is 114 cm³/mol. The highest BCUT2D eigenvalue weighted by atomic mass is 16.8. The fourth-order valence-corrected chi connectivity index (χ4v) is 2.94. The van der Waals surface area contributed by atoms with Gasteiger partial charge in [-0.1, -0.05) is 0 Å². The summed E-state index contributed by atoms with van der Waals surface area (Å²) in [6.45, 7) is 0.317. The van der Waals surface area contributed by atoms with Crippen LogP contribution in [0.25, 0.3) is 0 Å². The first-order valence-corrected chi connectivity index (χ1v) is 10.1. The molecule has 0 bridgehead atoms. The van der Waals surface area contributed by atoms with E-state index in [1.807, 2.05) is 0 Å². The molecule has 0 radical (unpaired) electrons. The predicted octanol–water partition coefficient (Wildman–Crippen LogP) is -0.635. The molecule has 0 fully saturated rings. The molecule has 0 aliphatic carbocycles. The molecule has 2 amide bonds. The topological polar surface area (TPSA) is 180 Å². The Morgan fingerprint density at radius 1 is 0.879 bits per heavy atom. The minimum atomic E-state index is -1.11. The number of methoxy groups -OCH3 is 1. The third-order valence-electron chi connectivity index (χ3n) is 4.78. The van der Waals surface area contributed by atoms with E-state index in [2.05, 4.69) is 10.6 Å². The molecule has 0 heterocycles. The second-order valence-electron chi connectivity index (χ2n) is 7.07. The van der Waals surface area contributed by atoms with E-state index in [9.17, 15) is 24.8 Å². The lowest BCUT2D eigenvalue weighted by atomic mass is 10.1. The monoisotopic (exact) mass is 462 g/mol. The van der Waals surface area contributed by atoms with Crippen molar-refractivity contribution in [3.8, 4) is 0 Å². The number of hydrogen-bond donors (Lipinski definition) is 6. The van der Waals surface area contributed by atoms with Gasteiger partial charge in [-0.2, -0.15) is 10.5 Å². The molecule has 0 saturated carbocycles. The summed E-state index contributed by atoms with van der Waals surface area (Å²) < 4.78 is 4.74. The lowest BCUT2D eigenvalue weighted by Crippen LogP contribution is -2.99. The van der Waals surface area contributed by atoms with Gasteiger partial charge in [-0.05, 0) is 43.5 Å². The Hall–Kier alpha value is -3.39. The Morgan fingerprint density at radius 3 is 1.82 bits per heavy atom. The number of quaternary nitrogens is 2. The van der Waals surface area contributed by atoms with Crippen LogP contribution >= 0.6 is 0 Å². The van der Waals surface area contributed by atoms with Crippen molar-refractivity contribution in [2.75, 3.05) is 13.7 Å². The van der Waals surface area contributed by atoms with E-state index in [0.29, 0.717) is 24.9 Å². The molecular formula is C21H26N4O8. The van der Waals surface area contributed by atoms with Crippen molar-refractivity contribution in [2.24, 2.45) is 0 Å². The lowest BCUT2D eigenvalue weighted by molar-refractivity contribution is -0.991. The van der Waals surface area contributed by atoms with Crippen LogP contribution in [-0.2, 0) is 9.53 Å². The van der Waals surface area contributed by atoms with E-state index in [0.717, 1.165) is 0 Å². The van der Waals surface area contributed by atoms with Crippen molar-refractivity contribution >= 4 is 29.2 Å². The zero-order valence-corrected chi connectivity index (χ0v) is 17.9. The molecule has 12 nitrogen and oxygen atoms in total. The Balaban J connectivity index is 1.81. The minimum Gasteiger partial charge on any atom is -0.595 e. The molecule has 0 saturated heterocycles. The Labute approximate surface area is 189 Å². The fourth-order valence-electron chi connectivity index (χ4n) is 2.94. The van der Waals surface area contributed by atoms with Gasteiger partial charge in [-0.25, -0.2) is 15.2 Å². The normalized spacial score (nSPS) is 13.5. The zero-order valence-electron chi connectivity index (χ0n) is 17.9. The van der Waals surface area contributed by atoms with Crippen molar-refractivity contribution in [2.45, 2.75) is 25.3 Å². The number of hydrogen-bond acceptors (Lipinski definition) is 8. The number of ether oxygens (including phenoxy) is 1. The van der Waals surface area contributed by atoms with E-state index in [-0.39, 0.29) is 29.3 Å². The molecular weight excluding hydrogens is 436 g/mol. The third-order valence-corrected chi connectivity index (χ3v) is 4.78. The maximum Gasteiger partial charge on any atom is 0.328 e. The molecule has 3 unspecified atom stereocenters. The second-order valence-corrected chi connectivity index (χ2v) is 7.07. The molecule has 2 aromatic rings. The summed E-state index contributed by atoms with van der Waals surface area (Å²) in [5.41, 5.74) is 0.653. The summed E-state index contributed by atoms with van der Waals surface area (Å²) in [4.78, 5) is 36.5. The molecule has 178 valence electrons. The summed E-state index contributed by atoms with van der Waals surface area (Å²) in [5.74, 6) is -1.51. The van der Waals surface area contributed by atoms with Gasteiger partial charge in [-0.3, -0.25) is 9.59 Å². The van der Waals surface area contributed by atoms with Gasteiger partial charge in [0.15, 0.2) is 11.4 Å². The molecule has 6 N–H and O–H groups in total. The van der Waals surface area contributed by atoms with E-state index in [4.69, 9.17) is 15.2 Å². The average Bonchev–Trinajstić information content (AvgIpc) is 2.82. The molecule has 0 aliphatic heterocycles. The number of carbonyl (C=O) groups is 3. The van der Waals surface area contributed by atoms with E-state index >= 15 is 0 Å². The maximum absolute atomic E-state index is 12.4. The highest BCUT2D eigenvalue weighted by Crippen LogP contribution is 2.09. The largest absolute Gasteiger partial charge is 0.595 e. The summed E-state index contributed by atoms with van der Waals surface area (Å²) in [6, 6.07) is 9.92. The molecule has 3 atom stereocenters. The molecule has 0 spiro atoms. The quantitative estimate of drug-likeness (QED) is 0.145. The number of carbonyl (C=O) groups excluding carboxylic acids is 3. The molecule has 2 aromatic carbocycles. The van der Waals surface area contributed by atoms with Crippen LogP contribution < -0.4 is 21.1 Å². The first-order valence-electron chi connectivity index (χ1n) is 10.1. The van der Waals surface area contributed by atoms with Gasteiger partial charge in [0.25, 0.3) is 11.8 Å². The van der Waals surface area contributed by atoms with Crippen LogP contribution in [0.5, 0.6) is 0 Å². The van der Waals surface area contributed by atoms with Crippen LogP contribution in [0, 0.1) is 10.4 Å². The van der Waals surface area contributed by atoms with E-state index < -0.39 is 28.4 Å². The molecule has 2 rings (SSSR count). The van der Waals surface area contributed by atoms with Crippen LogP contribution in [0.3, 0.4) is 0 Å². The molecule has 12 heteroatoms. The number of amides is 2. The highest BCUT2D eigenvalue weighted by Gasteiger charge is 2.22. The number of rotatable bonds is 11. The van der Waals surface area contributed by atoms with Crippen LogP contribution in [0.15, 0.2) is 48.5 Å². The summed E-state index contributed by atoms with van der Waals surface area (Å²) in [6.07, 6.45) is 1.29. The highest BCUT2D eigenvalue weighted by molar-refractivity contribution is 5.97. The van der Waals surface area contributed by atoms with Gasteiger partial charge in [0, 0.05) is 41.9 Å². The van der Waals surface area contributed by atoms with Crippen molar-refractivity contribution < 1.29 is 40.0 Å². The van der Waals surface area contributed by atoms with Gasteiger partial charge in [0.05, 0.1) is 7.11 Å². The Kier molecular flexibility index (Phi) is 9.87. The SMILES string of the molecule is COC(=O)C(CCCCNC(=O)c1ccc([NH+]([O-])O)cc1)NC(=O)c1ccc([NH+]([O-])O)cc1. The molecule has 0 aromatic heterocycles. The van der Waals surface area contributed by atoms with Crippen molar-refractivity contribution in [3.63, 3.8) is 0 Å². The second kappa shape index (κ2) is 12.6. The average molecular weight is 462 g/mol. The Bertz CT molecular complexity index is 932. The third kappa shape index (κ3) is 7.91. The van der Waals surface area contributed by atoms with E-state index in [1.165, 1.54) is 55.6 Å². The van der Waals surface area contributed by atoms with Gasteiger partial charge in [0.2, 0.25) is 0 Å². The van der Waals surface area contributed by atoms with E-state index in [1.54, 1.807) is 0 Å². The molecule has 33 heavy (non-hydrogen) atoms. The van der Waals surface area contributed by atoms with Crippen LogP contribution in [0.2, 0.25) is 0 Å². The fraction of sp³-hybridized carbons (Fsp3) is 0.286. The smallest absolute Gasteiger partial charge is 0.328 e. The van der Waals surface area contributed by atoms with Crippen LogP contribution in [-0.4, -0.2) is 47.9 Å². The zero-order chi connectivity index (χ0) is 24.4. The van der Waals surface area contributed by atoms with Crippen LogP contribution in [0.4, 0.5) is 11.4 Å². The number of nitrogens with one attached hydrogen (secondary N) is 4. The van der Waals surface area contributed by atoms with Crippen molar-refractivity contribution in [3.05, 3.63) is 70.1 Å². The van der Waals surface area contributed by atoms with Gasteiger partial charge >= 0.3 is 5.97 Å². The summed E-state index contributed by atoms with van der Waals surface area (Å²) >= 11 is 0.